The molecule has 0 saturated carbocycles. The first kappa shape index (κ1) is 12.3. The normalized spacial score (nSPS) is 16.3. The lowest BCUT2D eigenvalue weighted by Gasteiger charge is -2.36. The number of halogens is 1. The van der Waals surface area contributed by atoms with Crippen molar-refractivity contribution in [3.8, 4) is 17.0 Å². The van der Waals surface area contributed by atoms with E-state index in [1.165, 1.54) is 0 Å². The molecule has 2 heterocycles. The Hall–Kier alpha value is -1.72. The van der Waals surface area contributed by atoms with Crippen molar-refractivity contribution in [1.82, 2.24) is 10.1 Å². The fourth-order valence-corrected chi connectivity index (χ4v) is 2.30. The molecule has 0 amide bonds. The van der Waals surface area contributed by atoms with E-state index in [-0.39, 0.29) is 12.0 Å². The summed E-state index contributed by atoms with van der Waals surface area (Å²) < 4.78 is 10.6. The minimum Gasteiger partial charge on any atom is -0.486 e. The summed E-state index contributed by atoms with van der Waals surface area (Å²) in [5.74, 6) is 0.976. The van der Waals surface area contributed by atoms with Gasteiger partial charge in [-0.15, -0.1) is 0 Å². The van der Waals surface area contributed by atoms with Crippen LogP contribution >= 0.6 is 11.6 Å². The summed E-state index contributed by atoms with van der Waals surface area (Å²) in [4.78, 5) is 2.19. The van der Waals surface area contributed by atoms with Crippen LogP contribution in [0.5, 0.6) is 5.75 Å². The van der Waals surface area contributed by atoms with Crippen LogP contribution in [-0.4, -0.2) is 36.3 Å². The van der Waals surface area contributed by atoms with Crippen LogP contribution in [0.3, 0.4) is 0 Å². The number of likely N-dealkylation sites (tertiary alicyclic amines) is 1. The summed E-state index contributed by atoms with van der Waals surface area (Å²) in [6.45, 7) is 1.86. The highest BCUT2D eigenvalue weighted by Gasteiger charge is 2.25. The largest absolute Gasteiger partial charge is 0.486 e. The highest BCUT2D eigenvalue weighted by atomic mass is 35.5. The van der Waals surface area contributed by atoms with Gasteiger partial charge in [-0.25, -0.2) is 0 Å². The molecule has 0 spiro atoms. The van der Waals surface area contributed by atoms with Gasteiger partial charge in [0.2, 0.25) is 5.88 Å². The number of anilines is 1. The van der Waals surface area contributed by atoms with Crippen LogP contribution in [0.4, 0.5) is 5.88 Å². The number of hydrogen-bond donors (Lipinski definition) is 1. The summed E-state index contributed by atoms with van der Waals surface area (Å²) >= 11 is 6.22. The van der Waals surface area contributed by atoms with E-state index < -0.39 is 0 Å². The molecule has 2 aromatic rings. The maximum Gasteiger partial charge on any atom is 0.222 e. The van der Waals surface area contributed by atoms with Crippen LogP contribution in [-0.2, 0) is 0 Å². The SMILES string of the molecule is CN1CC(Oc2ccc(-c3cc(N)on3)cc2Cl)C1. The number of aromatic nitrogens is 1. The van der Waals surface area contributed by atoms with Crippen molar-refractivity contribution >= 4 is 17.5 Å². The molecule has 1 aliphatic heterocycles. The third-order valence-electron chi connectivity index (χ3n) is 3.08. The first-order chi connectivity index (χ1) is 9.11. The van der Waals surface area contributed by atoms with Gasteiger partial charge in [0.25, 0.3) is 0 Å². The molecule has 1 fully saturated rings. The van der Waals surface area contributed by atoms with Crippen molar-refractivity contribution in [3.63, 3.8) is 0 Å². The van der Waals surface area contributed by atoms with Crippen LogP contribution in [0, 0.1) is 0 Å². The van der Waals surface area contributed by atoms with E-state index >= 15 is 0 Å². The smallest absolute Gasteiger partial charge is 0.222 e. The van der Waals surface area contributed by atoms with E-state index in [1.54, 1.807) is 12.1 Å². The van der Waals surface area contributed by atoms with Crippen molar-refractivity contribution < 1.29 is 9.26 Å². The van der Waals surface area contributed by atoms with Crippen LogP contribution in [0.2, 0.25) is 5.02 Å². The van der Waals surface area contributed by atoms with Crippen molar-refractivity contribution in [2.24, 2.45) is 0 Å². The number of rotatable bonds is 3. The molecule has 1 aromatic carbocycles. The summed E-state index contributed by atoms with van der Waals surface area (Å²) in [6.07, 6.45) is 0.219. The van der Waals surface area contributed by atoms with Gasteiger partial charge in [-0.1, -0.05) is 16.8 Å². The zero-order chi connectivity index (χ0) is 13.4. The Morgan fingerprint density at radius 3 is 2.79 bits per heavy atom. The van der Waals surface area contributed by atoms with E-state index in [0.717, 1.165) is 18.7 Å². The molecule has 0 bridgehead atoms. The van der Waals surface area contributed by atoms with Gasteiger partial charge >= 0.3 is 0 Å². The molecule has 100 valence electrons. The zero-order valence-electron chi connectivity index (χ0n) is 10.5. The molecular weight excluding hydrogens is 266 g/mol. The maximum absolute atomic E-state index is 6.22. The predicted octanol–water partition coefficient (Wildman–Crippen LogP) is 2.27. The van der Waals surface area contributed by atoms with E-state index in [2.05, 4.69) is 17.1 Å². The number of ether oxygens (including phenoxy) is 1. The van der Waals surface area contributed by atoms with Crippen LogP contribution in [0.1, 0.15) is 0 Å². The fraction of sp³-hybridized carbons (Fsp3) is 0.308. The third kappa shape index (κ3) is 2.52. The quantitative estimate of drug-likeness (QED) is 0.934. The molecule has 1 saturated heterocycles. The average Bonchev–Trinajstić information content (AvgIpc) is 2.76. The summed E-state index contributed by atoms with van der Waals surface area (Å²) in [5, 5.41) is 4.41. The van der Waals surface area contributed by atoms with E-state index in [0.29, 0.717) is 16.5 Å². The number of hydrogen-bond acceptors (Lipinski definition) is 5. The molecule has 1 aliphatic rings. The Bertz CT molecular complexity index is 593. The van der Waals surface area contributed by atoms with Crippen LogP contribution < -0.4 is 10.5 Å². The van der Waals surface area contributed by atoms with Crippen molar-refractivity contribution in [1.29, 1.82) is 0 Å². The maximum atomic E-state index is 6.22. The number of nitrogen functional groups attached to an aromatic ring is 1. The second-order valence-corrected chi connectivity index (χ2v) is 5.13. The molecule has 0 aliphatic carbocycles. The number of likely N-dealkylation sites (N-methyl/N-ethyl adjacent to an activating group) is 1. The lowest BCUT2D eigenvalue weighted by atomic mass is 10.1. The van der Waals surface area contributed by atoms with Crippen molar-refractivity contribution in [2.45, 2.75) is 6.10 Å². The second-order valence-electron chi connectivity index (χ2n) is 4.72. The Labute approximate surface area is 115 Å². The van der Waals surface area contributed by atoms with E-state index in [1.807, 2.05) is 12.1 Å². The van der Waals surface area contributed by atoms with Crippen LogP contribution in [0.15, 0.2) is 28.8 Å². The molecule has 5 nitrogen and oxygen atoms in total. The summed E-state index contributed by atoms with van der Waals surface area (Å²) in [5.41, 5.74) is 7.01. The minimum absolute atomic E-state index is 0.219. The monoisotopic (exact) mass is 279 g/mol. The van der Waals surface area contributed by atoms with E-state index in [9.17, 15) is 0 Å². The van der Waals surface area contributed by atoms with Gasteiger partial charge < -0.3 is 15.0 Å². The predicted molar refractivity (Wildman–Crippen MR) is 73.3 cm³/mol. The lowest BCUT2D eigenvalue weighted by Crippen LogP contribution is -2.51. The number of nitrogens with two attached hydrogens (primary N) is 1. The number of benzene rings is 1. The average molecular weight is 280 g/mol. The Balaban J connectivity index is 1.78. The molecule has 19 heavy (non-hydrogen) atoms. The van der Waals surface area contributed by atoms with Gasteiger partial charge in [0.05, 0.1) is 5.02 Å². The van der Waals surface area contributed by atoms with Gasteiger partial charge in [-0.05, 0) is 25.2 Å². The minimum atomic E-state index is 0.219. The van der Waals surface area contributed by atoms with Gasteiger partial charge in [0.15, 0.2) is 0 Å². The summed E-state index contributed by atoms with van der Waals surface area (Å²) in [7, 11) is 2.06. The molecular formula is C13H14ClN3O2. The molecule has 0 unspecified atom stereocenters. The second kappa shape index (κ2) is 4.75. The van der Waals surface area contributed by atoms with Crippen LogP contribution in [0.25, 0.3) is 11.3 Å². The molecule has 2 N–H and O–H groups in total. The van der Waals surface area contributed by atoms with Gasteiger partial charge in [0.1, 0.15) is 17.5 Å². The lowest BCUT2D eigenvalue weighted by molar-refractivity contribution is 0.0389. The molecule has 1 aromatic heterocycles. The van der Waals surface area contributed by atoms with Gasteiger partial charge in [-0.2, -0.15) is 0 Å². The molecule has 0 atom stereocenters. The van der Waals surface area contributed by atoms with Gasteiger partial charge in [-0.3, -0.25) is 4.90 Å². The number of nitrogens with zero attached hydrogens (tertiary/aromatic N) is 2. The standard InChI is InChI=1S/C13H14ClN3O2/c1-17-6-9(7-17)18-12-3-2-8(4-10(12)14)11-5-13(15)19-16-11/h2-5,9H,6-7,15H2,1H3. The highest BCUT2D eigenvalue weighted by Crippen LogP contribution is 2.31. The topological polar surface area (TPSA) is 64.5 Å². The third-order valence-corrected chi connectivity index (χ3v) is 3.38. The van der Waals surface area contributed by atoms with E-state index in [4.69, 9.17) is 26.6 Å². The first-order valence-electron chi connectivity index (χ1n) is 5.99. The first-order valence-corrected chi connectivity index (χ1v) is 6.37. The zero-order valence-corrected chi connectivity index (χ0v) is 11.2. The molecule has 6 heteroatoms. The Morgan fingerprint density at radius 1 is 1.42 bits per heavy atom. The highest BCUT2D eigenvalue weighted by molar-refractivity contribution is 6.32. The molecule has 0 radical (unpaired) electrons. The fourth-order valence-electron chi connectivity index (χ4n) is 2.08. The van der Waals surface area contributed by atoms with Gasteiger partial charge in [0, 0.05) is 24.7 Å². The van der Waals surface area contributed by atoms with Crippen molar-refractivity contribution in [3.05, 3.63) is 29.3 Å². The summed E-state index contributed by atoms with van der Waals surface area (Å²) in [6, 6.07) is 7.20. The Kier molecular flexibility index (Phi) is 3.08. The van der Waals surface area contributed by atoms with Crippen molar-refractivity contribution in [2.75, 3.05) is 25.9 Å². The molecule has 3 rings (SSSR count). The Morgan fingerprint density at radius 2 is 2.21 bits per heavy atom.